The SMILES string of the molecule is COC(=O)CCC(C)F. The van der Waals surface area contributed by atoms with Gasteiger partial charge in [-0.2, -0.15) is 0 Å². The second-order valence-electron chi connectivity index (χ2n) is 1.90. The topological polar surface area (TPSA) is 26.3 Å². The van der Waals surface area contributed by atoms with E-state index in [1.807, 2.05) is 0 Å². The van der Waals surface area contributed by atoms with Crippen LogP contribution >= 0.6 is 0 Å². The monoisotopic (exact) mass is 134 g/mol. The van der Waals surface area contributed by atoms with Crippen LogP contribution in [0.5, 0.6) is 0 Å². The van der Waals surface area contributed by atoms with Crippen molar-refractivity contribution in [2.75, 3.05) is 7.11 Å². The van der Waals surface area contributed by atoms with E-state index >= 15 is 0 Å². The fourth-order valence-corrected chi connectivity index (χ4v) is 0.419. The average Bonchev–Trinajstić information content (AvgIpc) is 1.83. The summed E-state index contributed by atoms with van der Waals surface area (Å²) < 4.78 is 16.3. The summed E-state index contributed by atoms with van der Waals surface area (Å²) in [4.78, 5) is 10.3. The zero-order valence-electron chi connectivity index (χ0n) is 5.69. The summed E-state index contributed by atoms with van der Waals surface area (Å²) in [5, 5.41) is 0. The van der Waals surface area contributed by atoms with Gasteiger partial charge in [0.15, 0.2) is 0 Å². The lowest BCUT2D eigenvalue weighted by Crippen LogP contribution is -2.03. The van der Waals surface area contributed by atoms with Crippen LogP contribution in [0.4, 0.5) is 4.39 Å². The summed E-state index contributed by atoms with van der Waals surface area (Å²) in [7, 11) is 1.30. The minimum absolute atomic E-state index is 0.175. The Morgan fingerprint density at radius 2 is 2.33 bits per heavy atom. The number of halogens is 1. The molecule has 0 fully saturated rings. The highest BCUT2D eigenvalue weighted by atomic mass is 19.1. The molecule has 0 saturated carbocycles. The number of alkyl halides is 1. The third kappa shape index (κ3) is 5.27. The van der Waals surface area contributed by atoms with Gasteiger partial charge in [0.2, 0.25) is 0 Å². The molecule has 0 N–H and O–H groups in total. The Bertz CT molecular complexity index is 91.1. The molecule has 9 heavy (non-hydrogen) atoms. The van der Waals surface area contributed by atoms with Crippen molar-refractivity contribution < 1.29 is 13.9 Å². The van der Waals surface area contributed by atoms with Crippen LogP contribution in [0.3, 0.4) is 0 Å². The fraction of sp³-hybridized carbons (Fsp3) is 0.833. The van der Waals surface area contributed by atoms with Crippen LogP contribution in [-0.2, 0) is 9.53 Å². The number of carbonyl (C=O) groups excluding carboxylic acids is 1. The molecule has 0 aliphatic rings. The molecule has 0 aliphatic carbocycles. The third-order valence-electron chi connectivity index (χ3n) is 0.974. The third-order valence-corrected chi connectivity index (χ3v) is 0.974. The van der Waals surface area contributed by atoms with Crippen molar-refractivity contribution in [1.82, 2.24) is 0 Å². The van der Waals surface area contributed by atoms with Gasteiger partial charge in [0.05, 0.1) is 13.3 Å². The quantitative estimate of drug-likeness (QED) is 0.544. The Kier molecular flexibility index (Phi) is 4.01. The molecule has 0 saturated heterocycles. The van der Waals surface area contributed by atoms with Gasteiger partial charge in [-0.3, -0.25) is 4.79 Å². The van der Waals surface area contributed by atoms with Gasteiger partial charge in [-0.15, -0.1) is 0 Å². The Morgan fingerprint density at radius 3 is 2.67 bits per heavy atom. The van der Waals surface area contributed by atoms with Gasteiger partial charge in [0, 0.05) is 6.42 Å². The molecule has 54 valence electrons. The molecule has 1 atom stereocenters. The largest absolute Gasteiger partial charge is 0.469 e. The van der Waals surface area contributed by atoms with Gasteiger partial charge in [-0.05, 0) is 13.3 Å². The van der Waals surface area contributed by atoms with Gasteiger partial charge in [0.1, 0.15) is 0 Å². The summed E-state index contributed by atoms with van der Waals surface area (Å²) in [5.41, 5.74) is 0. The lowest BCUT2D eigenvalue weighted by molar-refractivity contribution is -0.141. The number of hydrogen-bond acceptors (Lipinski definition) is 2. The van der Waals surface area contributed by atoms with Gasteiger partial charge >= 0.3 is 5.97 Å². The maximum absolute atomic E-state index is 12.0. The van der Waals surface area contributed by atoms with Crippen molar-refractivity contribution in [3.63, 3.8) is 0 Å². The highest BCUT2D eigenvalue weighted by molar-refractivity contribution is 5.69. The predicted octanol–water partition coefficient (Wildman–Crippen LogP) is 1.30. The number of esters is 1. The van der Waals surface area contributed by atoms with E-state index in [-0.39, 0.29) is 18.8 Å². The van der Waals surface area contributed by atoms with Crippen molar-refractivity contribution in [3.05, 3.63) is 0 Å². The molecule has 2 nitrogen and oxygen atoms in total. The second-order valence-corrected chi connectivity index (χ2v) is 1.90. The summed E-state index contributed by atoms with van der Waals surface area (Å²) in [6, 6.07) is 0. The van der Waals surface area contributed by atoms with Crippen LogP contribution in [0.15, 0.2) is 0 Å². The average molecular weight is 134 g/mol. The van der Waals surface area contributed by atoms with Gasteiger partial charge in [-0.1, -0.05) is 0 Å². The summed E-state index contributed by atoms with van der Waals surface area (Å²) >= 11 is 0. The van der Waals surface area contributed by atoms with Gasteiger partial charge in [-0.25, -0.2) is 4.39 Å². The van der Waals surface area contributed by atoms with Crippen LogP contribution in [0.25, 0.3) is 0 Å². The molecule has 0 rings (SSSR count). The zero-order valence-corrected chi connectivity index (χ0v) is 5.69. The highest BCUT2D eigenvalue weighted by Crippen LogP contribution is 2.00. The Hall–Kier alpha value is -0.600. The first-order valence-corrected chi connectivity index (χ1v) is 2.87. The van der Waals surface area contributed by atoms with E-state index in [1.54, 1.807) is 0 Å². The molecule has 0 bridgehead atoms. The molecule has 0 radical (unpaired) electrons. The van der Waals surface area contributed by atoms with Crippen molar-refractivity contribution in [2.24, 2.45) is 0 Å². The lowest BCUT2D eigenvalue weighted by Gasteiger charge is -1.98. The van der Waals surface area contributed by atoms with Gasteiger partial charge < -0.3 is 4.74 Å². The first-order chi connectivity index (χ1) is 4.16. The number of rotatable bonds is 3. The number of methoxy groups -OCH3 is 1. The molecule has 0 aromatic carbocycles. The fourth-order valence-electron chi connectivity index (χ4n) is 0.419. The van der Waals surface area contributed by atoms with E-state index in [2.05, 4.69) is 4.74 Å². The minimum atomic E-state index is -0.913. The van der Waals surface area contributed by atoms with E-state index in [4.69, 9.17) is 0 Å². The van der Waals surface area contributed by atoms with Crippen LogP contribution in [0, 0.1) is 0 Å². The summed E-state index contributed by atoms with van der Waals surface area (Å²) in [5.74, 6) is -0.348. The van der Waals surface area contributed by atoms with E-state index in [0.717, 1.165) is 0 Å². The van der Waals surface area contributed by atoms with Crippen molar-refractivity contribution in [3.8, 4) is 0 Å². The lowest BCUT2D eigenvalue weighted by atomic mass is 10.2. The minimum Gasteiger partial charge on any atom is -0.469 e. The van der Waals surface area contributed by atoms with Crippen molar-refractivity contribution in [1.29, 1.82) is 0 Å². The van der Waals surface area contributed by atoms with Crippen molar-refractivity contribution in [2.45, 2.75) is 25.9 Å². The molecule has 0 aliphatic heterocycles. The smallest absolute Gasteiger partial charge is 0.305 e. The molecule has 0 heterocycles. The molecule has 0 spiro atoms. The molecule has 1 unspecified atom stereocenters. The predicted molar refractivity (Wildman–Crippen MR) is 31.8 cm³/mol. The normalized spacial score (nSPS) is 12.8. The molecule has 0 amide bonds. The Labute approximate surface area is 54.0 Å². The molecule has 0 aromatic heterocycles. The molecule has 3 heteroatoms. The zero-order chi connectivity index (χ0) is 7.28. The van der Waals surface area contributed by atoms with Gasteiger partial charge in [0.25, 0.3) is 0 Å². The highest BCUT2D eigenvalue weighted by Gasteiger charge is 2.03. The first kappa shape index (κ1) is 8.40. The molecule has 0 aromatic rings. The van der Waals surface area contributed by atoms with Crippen LogP contribution < -0.4 is 0 Å². The maximum Gasteiger partial charge on any atom is 0.305 e. The maximum atomic E-state index is 12.0. The summed E-state index contributed by atoms with van der Waals surface area (Å²) in [6.45, 7) is 1.42. The Morgan fingerprint density at radius 1 is 1.78 bits per heavy atom. The van der Waals surface area contributed by atoms with E-state index in [1.165, 1.54) is 14.0 Å². The second kappa shape index (κ2) is 4.30. The Balaban J connectivity index is 3.17. The standard InChI is InChI=1S/C6H11FO2/c1-5(7)3-4-6(8)9-2/h5H,3-4H2,1-2H3. The van der Waals surface area contributed by atoms with Crippen LogP contribution in [0.1, 0.15) is 19.8 Å². The van der Waals surface area contributed by atoms with Crippen LogP contribution in [-0.4, -0.2) is 19.3 Å². The van der Waals surface area contributed by atoms with E-state index in [0.29, 0.717) is 0 Å². The van der Waals surface area contributed by atoms with Crippen LogP contribution in [0.2, 0.25) is 0 Å². The number of hydrogen-bond donors (Lipinski definition) is 0. The van der Waals surface area contributed by atoms with Crippen molar-refractivity contribution >= 4 is 5.97 Å². The molecular weight excluding hydrogens is 123 g/mol. The number of ether oxygens (including phenoxy) is 1. The number of carbonyl (C=O) groups is 1. The van der Waals surface area contributed by atoms with E-state index in [9.17, 15) is 9.18 Å². The summed E-state index contributed by atoms with van der Waals surface area (Å²) in [6.07, 6.45) is -0.481. The van der Waals surface area contributed by atoms with E-state index < -0.39 is 6.17 Å². The first-order valence-electron chi connectivity index (χ1n) is 2.87. The molecular formula is C6H11FO2.